The number of hydrogen-bond donors (Lipinski definition) is 1. The van der Waals surface area contributed by atoms with E-state index in [1.807, 2.05) is 42.6 Å². The van der Waals surface area contributed by atoms with Gasteiger partial charge in [0.1, 0.15) is 5.75 Å². The molecule has 3 aromatic rings. The Morgan fingerprint density at radius 3 is 2.79 bits per heavy atom. The maximum Gasteiger partial charge on any atom is 0.115 e. The highest BCUT2D eigenvalue weighted by molar-refractivity contribution is 5.81. The lowest BCUT2D eigenvalue weighted by atomic mass is 10.2. The Balaban J connectivity index is 2.03. The van der Waals surface area contributed by atoms with Gasteiger partial charge in [0.25, 0.3) is 0 Å². The van der Waals surface area contributed by atoms with Gasteiger partial charge in [-0.15, -0.1) is 0 Å². The van der Waals surface area contributed by atoms with Crippen LogP contribution >= 0.6 is 0 Å². The fraction of sp³-hybridized carbons (Fsp3) is 0.0625. The van der Waals surface area contributed by atoms with E-state index < -0.39 is 0 Å². The third-order valence-corrected chi connectivity index (χ3v) is 3.17. The number of hydrogen-bond acceptors (Lipinski definition) is 2. The minimum atomic E-state index is 0.270. The van der Waals surface area contributed by atoms with Gasteiger partial charge in [0.2, 0.25) is 0 Å². The molecule has 0 fully saturated rings. The standard InChI is InChI=1S/C16H12N2O/c17-10-12-4-5-14-6-7-18(16(14)9-12)11-13-2-1-3-15(19)8-13/h1-9,19H,11H2. The van der Waals surface area contributed by atoms with Crippen LogP contribution in [0.4, 0.5) is 0 Å². The SMILES string of the molecule is N#Cc1ccc2ccn(Cc3cccc(O)c3)c2c1. The lowest BCUT2D eigenvalue weighted by molar-refractivity contribution is 0.474. The van der Waals surface area contributed by atoms with Crippen molar-refractivity contribution in [1.82, 2.24) is 4.57 Å². The van der Waals surface area contributed by atoms with Gasteiger partial charge in [-0.05, 0) is 41.3 Å². The molecular formula is C16H12N2O. The fourth-order valence-corrected chi connectivity index (χ4v) is 2.24. The Hall–Kier alpha value is -2.73. The molecule has 19 heavy (non-hydrogen) atoms. The van der Waals surface area contributed by atoms with Crippen molar-refractivity contribution in [2.45, 2.75) is 6.54 Å². The quantitative estimate of drug-likeness (QED) is 0.756. The fourth-order valence-electron chi connectivity index (χ4n) is 2.24. The molecule has 1 aromatic heterocycles. The number of benzene rings is 2. The highest BCUT2D eigenvalue weighted by Crippen LogP contribution is 2.20. The Kier molecular flexibility index (Phi) is 2.70. The van der Waals surface area contributed by atoms with Gasteiger partial charge in [0.15, 0.2) is 0 Å². The monoisotopic (exact) mass is 248 g/mol. The van der Waals surface area contributed by atoms with E-state index in [2.05, 4.69) is 10.6 Å². The summed E-state index contributed by atoms with van der Waals surface area (Å²) >= 11 is 0. The van der Waals surface area contributed by atoms with E-state index in [1.54, 1.807) is 12.1 Å². The predicted molar refractivity (Wildman–Crippen MR) is 73.9 cm³/mol. The molecule has 0 radical (unpaired) electrons. The van der Waals surface area contributed by atoms with E-state index in [0.717, 1.165) is 16.5 Å². The van der Waals surface area contributed by atoms with Gasteiger partial charge in [-0.3, -0.25) is 0 Å². The predicted octanol–water partition coefficient (Wildman–Crippen LogP) is 3.27. The topological polar surface area (TPSA) is 49.0 Å². The minimum Gasteiger partial charge on any atom is -0.508 e. The van der Waals surface area contributed by atoms with Crippen LogP contribution in [-0.2, 0) is 6.54 Å². The number of nitrogens with zero attached hydrogens (tertiary/aromatic N) is 2. The zero-order chi connectivity index (χ0) is 13.2. The maximum absolute atomic E-state index is 9.48. The number of rotatable bonds is 2. The van der Waals surface area contributed by atoms with E-state index in [0.29, 0.717) is 12.1 Å². The second-order valence-corrected chi connectivity index (χ2v) is 4.50. The summed E-state index contributed by atoms with van der Waals surface area (Å²) in [6.45, 7) is 0.673. The van der Waals surface area contributed by atoms with Crippen molar-refractivity contribution in [3.05, 3.63) is 65.9 Å². The van der Waals surface area contributed by atoms with Crippen molar-refractivity contribution >= 4 is 10.9 Å². The van der Waals surface area contributed by atoms with Crippen molar-refractivity contribution in [3.8, 4) is 11.8 Å². The van der Waals surface area contributed by atoms with E-state index >= 15 is 0 Å². The lowest BCUT2D eigenvalue weighted by Crippen LogP contribution is -1.97. The average molecular weight is 248 g/mol. The molecular weight excluding hydrogens is 236 g/mol. The van der Waals surface area contributed by atoms with Crippen molar-refractivity contribution in [2.24, 2.45) is 0 Å². The third kappa shape index (κ3) is 2.16. The summed E-state index contributed by atoms with van der Waals surface area (Å²) in [7, 11) is 0. The molecule has 1 N–H and O–H groups in total. The van der Waals surface area contributed by atoms with E-state index in [4.69, 9.17) is 5.26 Å². The van der Waals surface area contributed by atoms with Crippen molar-refractivity contribution in [2.75, 3.05) is 0 Å². The Morgan fingerprint density at radius 2 is 2.00 bits per heavy atom. The first-order valence-electron chi connectivity index (χ1n) is 6.03. The molecule has 0 saturated heterocycles. The van der Waals surface area contributed by atoms with Crippen LogP contribution in [0.15, 0.2) is 54.7 Å². The Morgan fingerprint density at radius 1 is 1.11 bits per heavy atom. The molecule has 0 spiro atoms. The van der Waals surface area contributed by atoms with Crippen LogP contribution in [0.25, 0.3) is 10.9 Å². The number of phenols is 1. The van der Waals surface area contributed by atoms with Gasteiger partial charge >= 0.3 is 0 Å². The third-order valence-electron chi connectivity index (χ3n) is 3.17. The second-order valence-electron chi connectivity index (χ2n) is 4.50. The molecule has 3 nitrogen and oxygen atoms in total. The molecule has 2 aromatic carbocycles. The summed E-state index contributed by atoms with van der Waals surface area (Å²) in [4.78, 5) is 0. The molecule has 0 aliphatic heterocycles. The van der Waals surface area contributed by atoms with Gasteiger partial charge in [0.05, 0.1) is 11.6 Å². The molecule has 1 heterocycles. The summed E-state index contributed by atoms with van der Waals surface area (Å²) in [6.07, 6.45) is 2.00. The van der Waals surface area contributed by atoms with Gasteiger partial charge in [-0.1, -0.05) is 18.2 Å². The first-order chi connectivity index (χ1) is 9.26. The van der Waals surface area contributed by atoms with Crippen LogP contribution in [0, 0.1) is 11.3 Å². The number of nitriles is 1. The molecule has 0 aliphatic carbocycles. The molecule has 3 heteroatoms. The molecule has 0 saturated carbocycles. The average Bonchev–Trinajstić information content (AvgIpc) is 2.81. The van der Waals surface area contributed by atoms with Crippen LogP contribution in [0.1, 0.15) is 11.1 Å². The first-order valence-corrected chi connectivity index (χ1v) is 6.03. The van der Waals surface area contributed by atoms with Gasteiger partial charge in [-0.25, -0.2) is 0 Å². The van der Waals surface area contributed by atoms with Gasteiger partial charge < -0.3 is 9.67 Å². The van der Waals surface area contributed by atoms with E-state index in [1.165, 1.54) is 0 Å². The van der Waals surface area contributed by atoms with Crippen LogP contribution in [0.3, 0.4) is 0 Å². The highest BCUT2D eigenvalue weighted by atomic mass is 16.3. The largest absolute Gasteiger partial charge is 0.508 e. The zero-order valence-electron chi connectivity index (χ0n) is 10.2. The zero-order valence-corrected chi connectivity index (χ0v) is 10.2. The number of phenolic OH excluding ortho intramolecular Hbond substituents is 1. The molecule has 0 aliphatic rings. The van der Waals surface area contributed by atoms with Crippen molar-refractivity contribution in [1.29, 1.82) is 5.26 Å². The Labute approximate surface area is 111 Å². The maximum atomic E-state index is 9.48. The molecule has 92 valence electrons. The number of aromatic hydroxyl groups is 1. The molecule has 0 atom stereocenters. The van der Waals surface area contributed by atoms with Crippen LogP contribution in [-0.4, -0.2) is 9.67 Å². The Bertz CT molecular complexity index is 781. The van der Waals surface area contributed by atoms with Crippen molar-refractivity contribution in [3.63, 3.8) is 0 Å². The first kappa shape index (κ1) is 11.4. The van der Waals surface area contributed by atoms with Crippen LogP contribution in [0.5, 0.6) is 5.75 Å². The number of aromatic nitrogens is 1. The summed E-state index contributed by atoms with van der Waals surface area (Å²) in [6, 6.07) is 17.1. The van der Waals surface area contributed by atoms with Crippen molar-refractivity contribution < 1.29 is 5.11 Å². The van der Waals surface area contributed by atoms with E-state index in [9.17, 15) is 5.11 Å². The number of fused-ring (bicyclic) bond motifs is 1. The summed E-state index contributed by atoms with van der Waals surface area (Å²) in [5.74, 6) is 0.270. The summed E-state index contributed by atoms with van der Waals surface area (Å²) in [5.41, 5.74) is 2.71. The molecule has 0 unspecified atom stereocenters. The van der Waals surface area contributed by atoms with E-state index in [-0.39, 0.29) is 5.75 Å². The van der Waals surface area contributed by atoms with Crippen LogP contribution in [0.2, 0.25) is 0 Å². The molecule has 0 amide bonds. The normalized spacial score (nSPS) is 10.5. The smallest absolute Gasteiger partial charge is 0.115 e. The highest BCUT2D eigenvalue weighted by Gasteiger charge is 2.03. The molecule has 3 rings (SSSR count). The molecule has 0 bridgehead atoms. The summed E-state index contributed by atoms with van der Waals surface area (Å²) in [5, 5.41) is 19.6. The van der Waals surface area contributed by atoms with Gasteiger partial charge in [0, 0.05) is 18.3 Å². The minimum absolute atomic E-state index is 0.270. The van der Waals surface area contributed by atoms with Gasteiger partial charge in [-0.2, -0.15) is 5.26 Å². The van der Waals surface area contributed by atoms with Crippen LogP contribution < -0.4 is 0 Å². The summed E-state index contributed by atoms with van der Waals surface area (Å²) < 4.78 is 2.07. The second kappa shape index (κ2) is 4.51. The lowest BCUT2D eigenvalue weighted by Gasteiger charge is -2.06.